The van der Waals surface area contributed by atoms with Gasteiger partial charge in [0.2, 0.25) is 0 Å². The number of pyridine rings is 1. The number of benzene rings is 1. The SMILES string of the molecule is CC.CC(C)C.CCOC(=O)CN(CC(=O)OC)Sc1ccc(Cn2c(C)nc3cnccc32)cc1. The molecular weight excluding hydrogens is 476 g/mol. The molecule has 0 saturated heterocycles. The highest BCUT2D eigenvalue weighted by atomic mass is 32.2. The lowest BCUT2D eigenvalue weighted by Gasteiger charge is -2.19. The topological polar surface area (TPSA) is 86.5 Å². The number of hydrogen-bond donors (Lipinski definition) is 0. The van der Waals surface area contributed by atoms with E-state index in [-0.39, 0.29) is 19.1 Å². The third-order valence-electron chi connectivity index (χ3n) is 4.38. The van der Waals surface area contributed by atoms with Crippen LogP contribution in [0.25, 0.3) is 11.0 Å². The van der Waals surface area contributed by atoms with Gasteiger partial charge in [-0.1, -0.05) is 46.8 Å². The Balaban J connectivity index is 0.000000982. The smallest absolute Gasteiger partial charge is 0.321 e. The maximum atomic E-state index is 11.8. The fourth-order valence-corrected chi connectivity index (χ4v) is 3.86. The molecule has 198 valence electrons. The Kier molecular flexibility index (Phi) is 14.4. The second-order valence-electron chi connectivity index (χ2n) is 8.26. The van der Waals surface area contributed by atoms with Crippen molar-refractivity contribution in [3.8, 4) is 0 Å². The minimum absolute atomic E-state index is 0.0103. The van der Waals surface area contributed by atoms with Crippen LogP contribution in [0.1, 0.15) is 52.9 Å². The summed E-state index contributed by atoms with van der Waals surface area (Å²) in [6.45, 7) is 15.2. The number of esters is 2. The zero-order chi connectivity index (χ0) is 27.1. The minimum atomic E-state index is -0.416. The maximum absolute atomic E-state index is 11.8. The van der Waals surface area contributed by atoms with Gasteiger partial charge in [-0.3, -0.25) is 14.6 Å². The van der Waals surface area contributed by atoms with Crippen LogP contribution in [0, 0.1) is 12.8 Å². The van der Waals surface area contributed by atoms with Crippen molar-refractivity contribution in [1.29, 1.82) is 0 Å². The fourth-order valence-electron chi connectivity index (χ4n) is 2.97. The molecule has 9 heteroatoms. The molecule has 3 rings (SSSR count). The molecule has 2 heterocycles. The molecule has 2 aromatic heterocycles. The van der Waals surface area contributed by atoms with Crippen molar-refractivity contribution in [2.24, 2.45) is 5.92 Å². The molecule has 0 spiro atoms. The average Bonchev–Trinajstić information content (AvgIpc) is 3.16. The third-order valence-corrected chi connectivity index (χ3v) is 5.38. The number of carbonyl (C=O) groups excluding carboxylic acids is 2. The summed E-state index contributed by atoms with van der Waals surface area (Å²) in [5, 5.41) is 0. The average molecular weight is 517 g/mol. The molecular formula is C27H40N4O4S. The summed E-state index contributed by atoms with van der Waals surface area (Å²) >= 11 is 1.31. The van der Waals surface area contributed by atoms with E-state index in [9.17, 15) is 9.59 Å². The number of nitrogens with zero attached hydrogens (tertiary/aromatic N) is 4. The molecule has 0 N–H and O–H groups in total. The summed E-state index contributed by atoms with van der Waals surface area (Å²) in [7, 11) is 1.32. The van der Waals surface area contributed by atoms with Crippen LogP contribution in [0.4, 0.5) is 0 Å². The van der Waals surface area contributed by atoms with Gasteiger partial charge >= 0.3 is 11.9 Å². The van der Waals surface area contributed by atoms with Crippen LogP contribution >= 0.6 is 11.9 Å². The van der Waals surface area contributed by atoms with Crippen molar-refractivity contribution in [3.63, 3.8) is 0 Å². The highest BCUT2D eigenvalue weighted by Gasteiger charge is 2.17. The Morgan fingerprint density at radius 2 is 1.67 bits per heavy atom. The highest BCUT2D eigenvalue weighted by Crippen LogP contribution is 2.24. The van der Waals surface area contributed by atoms with Gasteiger partial charge in [-0.15, -0.1) is 0 Å². The quantitative estimate of drug-likeness (QED) is 0.271. The van der Waals surface area contributed by atoms with E-state index in [1.165, 1.54) is 19.1 Å². The van der Waals surface area contributed by atoms with Gasteiger partial charge in [0, 0.05) is 17.6 Å². The molecule has 1 aromatic carbocycles. The first-order chi connectivity index (χ1) is 17.2. The van der Waals surface area contributed by atoms with Crippen LogP contribution in [-0.2, 0) is 25.6 Å². The van der Waals surface area contributed by atoms with Gasteiger partial charge in [0.1, 0.15) is 24.4 Å². The number of rotatable bonds is 9. The lowest BCUT2D eigenvalue weighted by atomic mass is 10.2. The van der Waals surface area contributed by atoms with Crippen LogP contribution in [0.2, 0.25) is 0 Å². The normalized spacial score (nSPS) is 10.4. The van der Waals surface area contributed by atoms with E-state index >= 15 is 0 Å². The zero-order valence-electron chi connectivity index (χ0n) is 22.8. The molecule has 0 unspecified atom stereocenters. The highest BCUT2D eigenvalue weighted by molar-refractivity contribution is 7.97. The first-order valence-electron chi connectivity index (χ1n) is 12.2. The molecule has 0 bridgehead atoms. The molecule has 3 aromatic rings. The van der Waals surface area contributed by atoms with Gasteiger partial charge in [-0.2, -0.15) is 0 Å². The first-order valence-corrected chi connectivity index (χ1v) is 13.0. The molecule has 0 aliphatic rings. The summed E-state index contributed by atoms with van der Waals surface area (Å²) in [6, 6.07) is 9.93. The van der Waals surface area contributed by atoms with E-state index in [1.807, 2.05) is 51.1 Å². The molecule has 0 fully saturated rings. The predicted octanol–water partition coefficient (Wildman–Crippen LogP) is 5.52. The number of methoxy groups -OCH3 is 1. The maximum Gasteiger partial charge on any atom is 0.321 e. The number of aryl methyl sites for hydroxylation is 1. The summed E-state index contributed by atoms with van der Waals surface area (Å²) in [4.78, 5) is 33.1. The number of hydrogen-bond acceptors (Lipinski definition) is 8. The number of aromatic nitrogens is 3. The number of imidazole rings is 1. The Labute approximate surface area is 219 Å². The van der Waals surface area contributed by atoms with Gasteiger partial charge in [0.05, 0.1) is 25.4 Å². The van der Waals surface area contributed by atoms with Crippen molar-refractivity contribution < 1.29 is 19.1 Å². The molecule has 36 heavy (non-hydrogen) atoms. The zero-order valence-corrected chi connectivity index (χ0v) is 23.6. The standard InChI is InChI=1S/C21H24N4O4S.C4H10.C2H6/c1-4-29-21(27)14-24(13-20(26)28-3)30-17-7-5-16(6-8-17)12-25-15(2)23-18-11-22-10-9-19(18)25;1-4(2)3;1-2/h5-11H,4,12-14H2,1-3H3;4H,1-3H3;1-2H3. The summed E-state index contributed by atoms with van der Waals surface area (Å²) in [5.41, 5.74) is 3.03. The molecule has 0 saturated carbocycles. The lowest BCUT2D eigenvalue weighted by Crippen LogP contribution is -2.30. The number of fused-ring (bicyclic) bond motifs is 1. The van der Waals surface area contributed by atoms with Crippen molar-refractivity contribution in [2.45, 2.75) is 59.9 Å². The van der Waals surface area contributed by atoms with Gasteiger partial charge < -0.3 is 14.0 Å². The Morgan fingerprint density at radius 1 is 1.06 bits per heavy atom. The van der Waals surface area contributed by atoms with E-state index in [2.05, 4.69) is 35.3 Å². The van der Waals surface area contributed by atoms with E-state index in [1.54, 1.807) is 23.6 Å². The van der Waals surface area contributed by atoms with E-state index in [0.29, 0.717) is 13.2 Å². The van der Waals surface area contributed by atoms with Crippen LogP contribution in [-0.4, -0.2) is 57.6 Å². The van der Waals surface area contributed by atoms with Crippen LogP contribution in [0.5, 0.6) is 0 Å². The molecule has 0 aliphatic heterocycles. The van der Waals surface area contributed by atoms with Crippen molar-refractivity contribution in [1.82, 2.24) is 18.8 Å². The predicted molar refractivity (Wildman–Crippen MR) is 146 cm³/mol. The van der Waals surface area contributed by atoms with Crippen molar-refractivity contribution >= 4 is 34.9 Å². The molecule has 0 atom stereocenters. The minimum Gasteiger partial charge on any atom is -0.468 e. The Hall–Kier alpha value is -2.91. The summed E-state index contributed by atoms with van der Waals surface area (Å²) < 4.78 is 13.5. The van der Waals surface area contributed by atoms with Crippen molar-refractivity contribution in [2.75, 3.05) is 26.8 Å². The number of ether oxygens (including phenoxy) is 2. The first kappa shape index (κ1) is 31.1. The van der Waals surface area contributed by atoms with E-state index in [4.69, 9.17) is 9.47 Å². The lowest BCUT2D eigenvalue weighted by molar-refractivity contribution is -0.144. The number of carbonyl (C=O) groups is 2. The second-order valence-corrected chi connectivity index (χ2v) is 9.43. The Morgan fingerprint density at radius 3 is 2.25 bits per heavy atom. The summed E-state index contributed by atoms with van der Waals surface area (Å²) in [5.74, 6) is 0.956. The monoisotopic (exact) mass is 516 g/mol. The van der Waals surface area contributed by atoms with Crippen LogP contribution in [0.15, 0.2) is 47.6 Å². The molecule has 8 nitrogen and oxygen atoms in total. The fraction of sp³-hybridized carbons (Fsp3) is 0.481. The van der Waals surface area contributed by atoms with Gasteiger partial charge in [0.15, 0.2) is 0 Å². The molecule has 0 amide bonds. The van der Waals surface area contributed by atoms with E-state index < -0.39 is 5.97 Å². The Bertz CT molecular complexity index is 1060. The third kappa shape index (κ3) is 10.8. The van der Waals surface area contributed by atoms with Gasteiger partial charge in [-0.05, 0) is 55.5 Å². The second kappa shape index (κ2) is 16.7. The molecule has 0 aliphatic carbocycles. The largest absolute Gasteiger partial charge is 0.468 e. The van der Waals surface area contributed by atoms with Gasteiger partial charge in [0.25, 0.3) is 0 Å². The van der Waals surface area contributed by atoms with Gasteiger partial charge in [-0.25, -0.2) is 9.29 Å². The molecule has 0 radical (unpaired) electrons. The summed E-state index contributed by atoms with van der Waals surface area (Å²) in [6.07, 6.45) is 3.52. The van der Waals surface area contributed by atoms with E-state index in [0.717, 1.165) is 33.2 Å². The van der Waals surface area contributed by atoms with Crippen LogP contribution in [0.3, 0.4) is 0 Å². The van der Waals surface area contributed by atoms with Crippen molar-refractivity contribution in [3.05, 3.63) is 54.1 Å². The van der Waals surface area contributed by atoms with Crippen LogP contribution < -0.4 is 0 Å².